The number of aryl methyl sites for hydroxylation is 2. The smallest absolute Gasteiger partial charge is 0.417 e. The third-order valence-electron chi connectivity index (χ3n) is 4.05. The van der Waals surface area contributed by atoms with Gasteiger partial charge in [-0.25, -0.2) is 9.69 Å². The molecule has 2 saturated heterocycles. The molecule has 0 saturated carbocycles. The van der Waals surface area contributed by atoms with Gasteiger partial charge in [-0.1, -0.05) is 6.07 Å². The SMILES string of the molecule is Cc1ccc(C(=O)N2CC(N3C(=O)COC3=O)C2)cc1C. The normalized spacial score (nSPS) is 18.8. The predicted octanol–water partition coefficient (Wildman–Crippen LogP) is 1.11. The summed E-state index contributed by atoms with van der Waals surface area (Å²) in [5.74, 6) is -0.405. The van der Waals surface area contributed by atoms with Gasteiger partial charge in [0.1, 0.15) is 0 Å². The van der Waals surface area contributed by atoms with E-state index < -0.39 is 6.09 Å². The number of carbonyl (C=O) groups is 3. The molecule has 0 aromatic heterocycles. The number of nitrogens with zero attached hydrogens (tertiary/aromatic N) is 2. The zero-order valence-corrected chi connectivity index (χ0v) is 12.0. The zero-order chi connectivity index (χ0) is 15.1. The second-order valence-corrected chi connectivity index (χ2v) is 5.48. The molecular formula is C15H16N2O4. The van der Waals surface area contributed by atoms with Crippen molar-refractivity contribution in [3.8, 4) is 0 Å². The Labute approximate surface area is 122 Å². The fourth-order valence-electron chi connectivity index (χ4n) is 2.56. The molecule has 0 N–H and O–H groups in total. The molecule has 0 bridgehead atoms. The molecule has 1 aromatic rings. The molecule has 2 aliphatic rings. The van der Waals surface area contributed by atoms with Crippen molar-refractivity contribution in [3.05, 3.63) is 34.9 Å². The Bertz CT molecular complexity index is 619. The van der Waals surface area contributed by atoms with Gasteiger partial charge in [-0.3, -0.25) is 9.59 Å². The van der Waals surface area contributed by atoms with Gasteiger partial charge in [-0.05, 0) is 37.1 Å². The summed E-state index contributed by atoms with van der Waals surface area (Å²) >= 11 is 0. The van der Waals surface area contributed by atoms with Crippen LogP contribution in [0.1, 0.15) is 21.5 Å². The van der Waals surface area contributed by atoms with Gasteiger partial charge in [-0.2, -0.15) is 0 Å². The lowest BCUT2D eigenvalue weighted by Gasteiger charge is -2.42. The lowest BCUT2D eigenvalue weighted by Crippen LogP contribution is -2.62. The first-order chi connectivity index (χ1) is 9.97. The van der Waals surface area contributed by atoms with Gasteiger partial charge in [0.15, 0.2) is 6.61 Å². The van der Waals surface area contributed by atoms with E-state index in [0.717, 1.165) is 16.0 Å². The molecule has 0 atom stereocenters. The number of carbonyl (C=O) groups excluding carboxylic acids is 3. The number of hydrogen-bond donors (Lipinski definition) is 0. The number of benzene rings is 1. The zero-order valence-electron chi connectivity index (χ0n) is 12.0. The lowest BCUT2D eigenvalue weighted by atomic mass is 10.0. The van der Waals surface area contributed by atoms with E-state index >= 15 is 0 Å². The van der Waals surface area contributed by atoms with E-state index in [1.54, 1.807) is 11.0 Å². The Hall–Kier alpha value is -2.37. The van der Waals surface area contributed by atoms with Crippen LogP contribution < -0.4 is 0 Å². The van der Waals surface area contributed by atoms with Gasteiger partial charge in [0, 0.05) is 18.7 Å². The molecule has 2 heterocycles. The van der Waals surface area contributed by atoms with Crippen LogP contribution >= 0.6 is 0 Å². The summed E-state index contributed by atoms with van der Waals surface area (Å²) in [4.78, 5) is 38.0. The van der Waals surface area contributed by atoms with Gasteiger partial charge in [0.25, 0.3) is 11.8 Å². The Morgan fingerprint density at radius 2 is 1.90 bits per heavy atom. The van der Waals surface area contributed by atoms with Gasteiger partial charge >= 0.3 is 6.09 Å². The minimum Gasteiger partial charge on any atom is -0.439 e. The number of ether oxygens (including phenoxy) is 1. The molecule has 3 amide bonds. The van der Waals surface area contributed by atoms with Gasteiger partial charge in [0.05, 0.1) is 6.04 Å². The number of imide groups is 1. The fraction of sp³-hybridized carbons (Fsp3) is 0.400. The first-order valence-corrected chi connectivity index (χ1v) is 6.82. The molecule has 2 aliphatic heterocycles. The predicted molar refractivity (Wildman–Crippen MR) is 73.8 cm³/mol. The molecule has 0 aliphatic carbocycles. The second kappa shape index (κ2) is 4.87. The lowest BCUT2D eigenvalue weighted by molar-refractivity contribution is -0.129. The van der Waals surface area contributed by atoms with Crippen LogP contribution in [0.3, 0.4) is 0 Å². The van der Waals surface area contributed by atoms with Crippen LogP contribution in [-0.2, 0) is 9.53 Å². The van der Waals surface area contributed by atoms with E-state index in [1.807, 2.05) is 26.0 Å². The molecule has 6 heteroatoms. The van der Waals surface area contributed by atoms with Crippen molar-refractivity contribution >= 4 is 17.9 Å². The first kappa shape index (κ1) is 13.6. The quantitative estimate of drug-likeness (QED) is 0.817. The summed E-state index contributed by atoms with van der Waals surface area (Å²) < 4.78 is 4.68. The highest BCUT2D eigenvalue weighted by Crippen LogP contribution is 2.22. The van der Waals surface area contributed by atoms with Crippen molar-refractivity contribution < 1.29 is 19.1 Å². The number of rotatable bonds is 2. The van der Waals surface area contributed by atoms with Crippen LogP contribution in [0.2, 0.25) is 0 Å². The van der Waals surface area contributed by atoms with Gasteiger partial charge < -0.3 is 9.64 Å². The van der Waals surface area contributed by atoms with Crippen LogP contribution in [0.4, 0.5) is 4.79 Å². The average molecular weight is 288 g/mol. The van der Waals surface area contributed by atoms with Crippen molar-refractivity contribution in [1.82, 2.24) is 9.80 Å². The van der Waals surface area contributed by atoms with Crippen molar-refractivity contribution in [3.63, 3.8) is 0 Å². The Morgan fingerprint density at radius 1 is 1.19 bits per heavy atom. The second-order valence-electron chi connectivity index (χ2n) is 5.48. The maximum Gasteiger partial charge on any atom is 0.417 e. The van der Waals surface area contributed by atoms with Crippen molar-refractivity contribution in [2.75, 3.05) is 19.7 Å². The summed E-state index contributed by atoms with van der Waals surface area (Å²) in [6, 6.07) is 5.32. The van der Waals surface area contributed by atoms with Gasteiger partial charge in [0.2, 0.25) is 0 Å². The molecule has 21 heavy (non-hydrogen) atoms. The van der Waals surface area contributed by atoms with E-state index in [0.29, 0.717) is 18.7 Å². The van der Waals surface area contributed by atoms with Crippen molar-refractivity contribution in [1.29, 1.82) is 0 Å². The van der Waals surface area contributed by atoms with Gasteiger partial charge in [-0.15, -0.1) is 0 Å². The average Bonchev–Trinajstić information content (AvgIpc) is 2.72. The number of hydrogen-bond acceptors (Lipinski definition) is 4. The standard InChI is InChI=1S/C15H16N2O4/c1-9-3-4-11(5-10(9)2)14(19)16-6-12(7-16)17-13(18)8-21-15(17)20/h3-5,12H,6-8H2,1-2H3. The third-order valence-corrected chi connectivity index (χ3v) is 4.05. The first-order valence-electron chi connectivity index (χ1n) is 6.82. The fourth-order valence-corrected chi connectivity index (χ4v) is 2.56. The highest BCUT2D eigenvalue weighted by atomic mass is 16.6. The Balaban J connectivity index is 1.65. The maximum absolute atomic E-state index is 12.3. The molecule has 0 radical (unpaired) electrons. The Kier molecular flexibility index (Phi) is 3.16. The molecule has 2 fully saturated rings. The van der Waals surface area contributed by atoms with Crippen LogP contribution in [0, 0.1) is 13.8 Å². The van der Waals surface area contributed by atoms with E-state index in [9.17, 15) is 14.4 Å². The monoisotopic (exact) mass is 288 g/mol. The van der Waals surface area contributed by atoms with Crippen LogP contribution in [0.15, 0.2) is 18.2 Å². The van der Waals surface area contributed by atoms with Crippen LogP contribution in [0.25, 0.3) is 0 Å². The van der Waals surface area contributed by atoms with E-state index in [2.05, 4.69) is 4.74 Å². The van der Waals surface area contributed by atoms with Crippen molar-refractivity contribution in [2.45, 2.75) is 19.9 Å². The highest BCUT2D eigenvalue weighted by Gasteiger charge is 2.44. The van der Waals surface area contributed by atoms with Crippen molar-refractivity contribution in [2.24, 2.45) is 0 Å². The number of likely N-dealkylation sites (tertiary alicyclic amines) is 1. The molecule has 0 unspecified atom stereocenters. The number of amides is 3. The molecular weight excluding hydrogens is 272 g/mol. The van der Waals surface area contributed by atoms with E-state index in [4.69, 9.17) is 0 Å². The largest absolute Gasteiger partial charge is 0.439 e. The minimum absolute atomic E-state index is 0.0747. The van der Waals surface area contributed by atoms with E-state index in [-0.39, 0.29) is 24.5 Å². The maximum atomic E-state index is 12.3. The third kappa shape index (κ3) is 2.26. The summed E-state index contributed by atoms with van der Waals surface area (Å²) in [6.45, 7) is 4.50. The minimum atomic E-state index is -0.608. The summed E-state index contributed by atoms with van der Waals surface area (Å²) in [5.41, 5.74) is 2.83. The van der Waals surface area contributed by atoms with Crippen LogP contribution in [0.5, 0.6) is 0 Å². The molecule has 1 aromatic carbocycles. The molecule has 110 valence electrons. The molecule has 6 nitrogen and oxygen atoms in total. The number of cyclic esters (lactones) is 1. The summed E-state index contributed by atoms with van der Waals surface area (Å²) in [7, 11) is 0. The van der Waals surface area contributed by atoms with Crippen LogP contribution in [-0.4, -0.2) is 53.4 Å². The highest BCUT2D eigenvalue weighted by molar-refractivity contribution is 5.99. The molecule has 0 spiro atoms. The topological polar surface area (TPSA) is 66.9 Å². The van der Waals surface area contributed by atoms with E-state index in [1.165, 1.54) is 0 Å². The Morgan fingerprint density at radius 3 is 2.48 bits per heavy atom. The molecule has 3 rings (SSSR count). The summed E-state index contributed by atoms with van der Waals surface area (Å²) in [5, 5.41) is 0. The summed E-state index contributed by atoms with van der Waals surface area (Å²) in [6.07, 6.45) is -0.608.